The molecule has 3 heterocycles. The van der Waals surface area contributed by atoms with Crippen molar-refractivity contribution >= 4 is 35.2 Å². The van der Waals surface area contributed by atoms with Crippen LogP contribution in [0.5, 0.6) is 28.7 Å². The number of halogens is 2. The highest BCUT2D eigenvalue weighted by atomic mass is 35.5. The molecule has 0 aliphatic carbocycles. The summed E-state index contributed by atoms with van der Waals surface area (Å²) in [5.41, 5.74) is 6.33. The second-order valence-electron chi connectivity index (χ2n) is 15.9. The van der Waals surface area contributed by atoms with Crippen LogP contribution < -0.4 is 24.3 Å². The van der Waals surface area contributed by atoms with Crippen molar-refractivity contribution in [2.24, 2.45) is 5.41 Å². The van der Waals surface area contributed by atoms with Crippen LogP contribution in [-0.4, -0.2) is 47.7 Å². The molecular weight excluding hydrogens is 777 g/mol. The molecule has 0 fully saturated rings. The summed E-state index contributed by atoms with van der Waals surface area (Å²) in [6.07, 6.45) is 1.74. The second-order valence-corrected chi connectivity index (χ2v) is 16.7. The Morgan fingerprint density at radius 3 is 2.34 bits per heavy atom. The van der Waals surface area contributed by atoms with E-state index in [4.69, 9.17) is 46.9 Å². The van der Waals surface area contributed by atoms with E-state index in [-0.39, 0.29) is 30.6 Å². The summed E-state index contributed by atoms with van der Waals surface area (Å²) in [5.74, 6) is 3.11. The molecule has 1 aromatic heterocycles. The van der Waals surface area contributed by atoms with Gasteiger partial charge in [-0.15, -0.1) is 0 Å². The quantitative estimate of drug-likeness (QED) is 0.140. The number of aromatic nitrogens is 1. The fourth-order valence-corrected chi connectivity index (χ4v) is 7.02. The van der Waals surface area contributed by atoms with Gasteiger partial charge in [-0.2, -0.15) is 0 Å². The van der Waals surface area contributed by atoms with Gasteiger partial charge >= 0.3 is 6.09 Å². The normalized spacial score (nSPS) is 15.9. The Bertz CT molecular complexity index is 2280. The zero-order valence-corrected chi connectivity index (χ0v) is 34.8. The van der Waals surface area contributed by atoms with E-state index in [9.17, 15) is 9.59 Å². The Morgan fingerprint density at radius 1 is 0.879 bits per heavy atom. The van der Waals surface area contributed by atoms with Crippen molar-refractivity contribution < 1.29 is 33.3 Å². The van der Waals surface area contributed by atoms with Gasteiger partial charge in [0.05, 0.1) is 23.2 Å². The van der Waals surface area contributed by atoms with Gasteiger partial charge in [0, 0.05) is 30.4 Å². The molecule has 2 aliphatic heterocycles. The first-order chi connectivity index (χ1) is 27.8. The van der Waals surface area contributed by atoms with E-state index < -0.39 is 12.1 Å². The lowest BCUT2D eigenvalue weighted by molar-refractivity contribution is -0.126. The number of nitrogens with zero attached hydrogens (tertiary/aromatic N) is 2. The molecule has 0 saturated carbocycles. The van der Waals surface area contributed by atoms with Crippen molar-refractivity contribution in [3.8, 4) is 28.7 Å². The van der Waals surface area contributed by atoms with Gasteiger partial charge in [-0.1, -0.05) is 74.3 Å². The number of carbonyl (C=O) groups excluding carboxylic acids is 2. The molecule has 2 amide bonds. The SMILES string of the molecule is Cc1nccc(Oc2ccc(CCNC(=O)C3Cc4cc5c(cc4CN3C(=O)OCC(C)(C)C)OC(c3ccc(OCc4ccc(Cl)c(Cl)c4)cc3)CO5)cc2)c1C. The van der Waals surface area contributed by atoms with Crippen LogP contribution in [0.1, 0.15) is 65.9 Å². The van der Waals surface area contributed by atoms with E-state index in [2.05, 4.69) is 10.3 Å². The van der Waals surface area contributed by atoms with Crippen LogP contribution in [0.25, 0.3) is 0 Å². The molecule has 0 bridgehead atoms. The zero-order valence-electron chi connectivity index (χ0n) is 33.3. The molecule has 0 radical (unpaired) electrons. The molecule has 10 nitrogen and oxygen atoms in total. The van der Waals surface area contributed by atoms with Crippen molar-refractivity contribution in [2.75, 3.05) is 19.8 Å². The number of nitrogens with one attached hydrogen (secondary N) is 1. The summed E-state index contributed by atoms with van der Waals surface area (Å²) >= 11 is 12.2. The number of rotatable bonds is 11. The van der Waals surface area contributed by atoms with Gasteiger partial charge in [0.1, 0.15) is 36.5 Å². The summed E-state index contributed by atoms with van der Waals surface area (Å²) in [6.45, 7) is 11.4. The van der Waals surface area contributed by atoms with Gasteiger partial charge in [-0.05, 0) is 108 Å². The Labute approximate surface area is 349 Å². The molecule has 302 valence electrons. The smallest absolute Gasteiger partial charge is 0.410 e. The zero-order chi connectivity index (χ0) is 41.0. The Kier molecular flexibility index (Phi) is 12.4. The first kappa shape index (κ1) is 40.7. The van der Waals surface area contributed by atoms with E-state index in [0.717, 1.165) is 50.6 Å². The topological polar surface area (TPSA) is 108 Å². The molecule has 2 aliphatic rings. The summed E-state index contributed by atoms with van der Waals surface area (Å²) in [7, 11) is 0. The minimum atomic E-state index is -0.768. The molecule has 12 heteroatoms. The molecule has 2 unspecified atom stereocenters. The Morgan fingerprint density at radius 2 is 1.60 bits per heavy atom. The predicted octanol–water partition coefficient (Wildman–Crippen LogP) is 10.2. The van der Waals surface area contributed by atoms with Crippen molar-refractivity contribution in [3.63, 3.8) is 0 Å². The van der Waals surface area contributed by atoms with Crippen molar-refractivity contribution in [3.05, 3.63) is 140 Å². The molecule has 4 aromatic carbocycles. The third kappa shape index (κ3) is 9.97. The first-order valence-corrected chi connectivity index (χ1v) is 20.1. The summed E-state index contributed by atoms with van der Waals surface area (Å²) < 4.78 is 30.5. The number of ether oxygens (including phenoxy) is 5. The molecule has 7 rings (SSSR count). The number of amides is 2. The van der Waals surface area contributed by atoms with Gasteiger partial charge < -0.3 is 29.0 Å². The number of carbonyl (C=O) groups is 2. The Balaban J connectivity index is 0.992. The lowest BCUT2D eigenvalue weighted by Gasteiger charge is -2.37. The molecule has 0 saturated heterocycles. The van der Waals surface area contributed by atoms with Crippen LogP contribution in [0.15, 0.2) is 91.1 Å². The highest BCUT2D eigenvalue weighted by Crippen LogP contribution is 2.41. The van der Waals surface area contributed by atoms with Gasteiger partial charge in [0.25, 0.3) is 0 Å². The molecule has 0 spiro atoms. The average molecular weight is 825 g/mol. The van der Waals surface area contributed by atoms with Crippen molar-refractivity contribution in [1.82, 2.24) is 15.2 Å². The van der Waals surface area contributed by atoms with E-state index in [1.54, 1.807) is 18.3 Å². The number of hydrogen-bond acceptors (Lipinski definition) is 8. The highest BCUT2D eigenvalue weighted by Gasteiger charge is 2.37. The Hall–Kier alpha value is -5.45. The largest absolute Gasteiger partial charge is 0.489 e. The van der Waals surface area contributed by atoms with Crippen LogP contribution in [0.2, 0.25) is 10.0 Å². The fourth-order valence-electron chi connectivity index (χ4n) is 6.70. The van der Waals surface area contributed by atoms with Gasteiger partial charge in [0.15, 0.2) is 17.6 Å². The third-order valence-electron chi connectivity index (χ3n) is 10.1. The minimum Gasteiger partial charge on any atom is -0.489 e. The average Bonchev–Trinajstić information content (AvgIpc) is 3.21. The molecule has 5 aromatic rings. The predicted molar refractivity (Wildman–Crippen MR) is 223 cm³/mol. The van der Waals surface area contributed by atoms with Crippen LogP contribution >= 0.6 is 23.2 Å². The maximum absolute atomic E-state index is 13.8. The fraction of sp³-hybridized carbons (Fsp3) is 0.326. The number of fused-ring (bicyclic) bond motifs is 2. The van der Waals surface area contributed by atoms with Gasteiger partial charge in [0.2, 0.25) is 5.91 Å². The van der Waals surface area contributed by atoms with Gasteiger partial charge in [-0.3, -0.25) is 14.7 Å². The van der Waals surface area contributed by atoms with Crippen molar-refractivity contribution in [2.45, 2.75) is 72.8 Å². The lowest BCUT2D eigenvalue weighted by Crippen LogP contribution is -2.53. The molecule has 2 atom stereocenters. The summed E-state index contributed by atoms with van der Waals surface area (Å²) in [6, 6.07) is 25.8. The van der Waals surface area contributed by atoms with E-state index in [1.807, 2.05) is 107 Å². The van der Waals surface area contributed by atoms with E-state index in [0.29, 0.717) is 59.9 Å². The lowest BCUT2D eigenvalue weighted by atomic mass is 9.92. The molecular formula is C46H47Cl2N3O7. The second kappa shape index (κ2) is 17.6. The van der Waals surface area contributed by atoms with Crippen LogP contribution in [-0.2, 0) is 35.5 Å². The monoisotopic (exact) mass is 823 g/mol. The number of aryl methyl sites for hydroxylation is 1. The first-order valence-electron chi connectivity index (χ1n) is 19.3. The standard InChI is InChI=1S/C46H47Cl2N3O7/c1-28-29(2)49-19-17-40(28)57-36-11-6-30(7-12-36)16-18-50-44(52)39-21-33-22-41-42(23-34(33)24-51(39)45(53)56-27-46(3,4)5)58-43(26-55-41)32-9-13-35(14-10-32)54-25-31-8-15-37(47)38(48)20-31/h6-15,17,19-20,22-23,39,43H,16,18,21,24-27H2,1-5H3,(H,50,52). The van der Waals surface area contributed by atoms with Gasteiger partial charge in [-0.25, -0.2) is 4.79 Å². The van der Waals surface area contributed by atoms with Crippen LogP contribution in [0, 0.1) is 19.3 Å². The summed E-state index contributed by atoms with van der Waals surface area (Å²) in [5, 5.41) is 4.05. The molecule has 58 heavy (non-hydrogen) atoms. The van der Waals surface area contributed by atoms with Crippen LogP contribution in [0.4, 0.5) is 4.79 Å². The maximum Gasteiger partial charge on any atom is 0.410 e. The number of benzene rings is 4. The third-order valence-corrected chi connectivity index (χ3v) is 10.9. The number of hydrogen-bond donors (Lipinski definition) is 1. The highest BCUT2D eigenvalue weighted by molar-refractivity contribution is 6.42. The minimum absolute atomic E-state index is 0.181. The van der Waals surface area contributed by atoms with E-state index >= 15 is 0 Å². The van der Waals surface area contributed by atoms with Crippen molar-refractivity contribution in [1.29, 1.82) is 0 Å². The summed E-state index contributed by atoms with van der Waals surface area (Å²) in [4.78, 5) is 33.2. The van der Waals surface area contributed by atoms with E-state index in [1.165, 1.54) is 4.90 Å². The molecule has 1 N–H and O–H groups in total. The number of pyridine rings is 1. The van der Waals surface area contributed by atoms with Crippen LogP contribution in [0.3, 0.4) is 0 Å². The maximum atomic E-state index is 13.8.